The molecule has 0 aliphatic heterocycles. The number of aliphatic hydroxyl groups excluding tert-OH is 1. The van der Waals surface area contributed by atoms with Crippen molar-refractivity contribution in [2.75, 3.05) is 26.0 Å². The Morgan fingerprint density at radius 1 is 1.44 bits per heavy atom. The van der Waals surface area contributed by atoms with Crippen molar-refractivity contribution in [1.29, 1.82) is 0 Å². The van der Waals surface area contributed by atoms with Crippen LogP contribution in [-0.2, 0) is 0 Å². The highest BCUT2D eigenvalue weighted by atomic mass is 32.2. The van der Waals surface area contributed by atoms with E-state index in [1.807, 2.05) is 24.3 Å². The van der Waals surface area contributed by atoms with Crippen LogP contribution in [0.1, 0.15) is 0 Å². The number of thioether (sulfide) groups is 1. The summed E-state index contributed by atoms with van der Waals surface area (Å²) in [6.07, 6.45) is 1.63. The fraction of sp³-hybridized carbons (Fsp3) is 0.333. The number of hydrazine groups is 1. The Bertz CT molecular complexity index is 381. The number of nitrogens with two attached hydrogens (primary N) is 2. The molecule has 0 fully saturated rings. The molecule has 0 atom stereocenters. The predicted octanol–water partition coefficient (Wildman–Crippen LogP) is 0.755. The van der Waals surface area contributed by atoms with Gasteiger partial charge in [0, 0.05) is 22.5 Å². The lowest BCUT2D eigenvalue weighted by Crippen LogP contribution is -2.29. The third-order valence-electron chi connectivity index (χ3n) is 2.15. The number of ether oxygens (including phenoxy) is 1. The number of methoxy groups -OCH3 is 1. The molecule has 1 aromatic carbocycles. The van der Waals surface area contributed by atoms with E-state index in [2.05, 4.69) is 0 Å². The van der Waals surface area contributed by atoms with Gasteiger partial charge in [-0.05, 0) is 24.3 Å². The molecule has 1 rings (SSSR count). The number of benzene rings is 1. The van der Waals surface area contributed by atoms with Gasteiger partial charge in [0.1, 0.15) is 5.75 Å². The first-order valence-corrected chi connectivity index (χ1v) is 6.49. The normalized spacial score (nSPS) is 11.4. The van der Waals surface area contributed by atoms with Crippen LogP contribution in [0.15, 0.2) is 41.1 Å². The van der Waals surface area contributed by atoms with Gasteiger partial charge in [-0.15, -0.1) is 11.8 Å². The van der Waals surface area contributed by atoms with Crippen LogP contribution in [0, 0.1) is 0 Å². The van der Waals surface area contributed by atoms with E-state index >= 15 is 0 Å². The average molecular weight is 269 g/mol. The Morgan fingerprint density at radius 2 is 2.11 bits per heavy atom. The Kier molecular flexibility index (Phi) is 6.42. The molecule has 0 saturated heterocycles. The molecule has 0 amide bonds. The number of nitrogens with zero attached hydrogens (tertiary/aromatic N) is 1. The van der Waals surface area contributed by atoms with Crippen molar-refractivity contribution in [3.05, 3.63) is 36.2 Å². The summed E-state index contributed by atoms with van der Waals surface area (Å²) < 4.78 is 5.08. The van der Waals surface area contributed by atoms with Crippen LogP contribution in [0.2, 0.25) is 0 Å². The van der Waals surface area contributed by atoms with Crippen LogP contribution in [-0.4, -0.2) is 36.1 Å². The molecule has 6 heteroatoms. The molecule has 0 unspecified atom stereocenters. The highest BCUT2D eigenvalue weighted by molar-refractivity contribution is 7.99. The van der Waals surface area contributed by atoms with Crippen molar-refractivity contribution < 1.29 is 9.84 Å². The van der Waals surface area contributed by atoms with Crippen molar-refractivity contribution in [2.24, 2.45) is 11.6 Å². The molecule has 0 aliphatic carbocycles. The quantitative estimate of drug-likeness (QED) is 0.385. The zero-order valence-electron chi connectivity index (χ0n) is 10.4. The lowest BCUT2D eigenvalue weighted by molar-refractivity contribution is 0.238. The zero-order valence-corrected chi connectivity index (χ0v) is 11.2. The highest BCUT2D eigenvalue weighted by Gasteiger charge is 1.98. The lowest BCUT2D eigenvalue weighted by Gasteiger charge is -2.13. The zero-order chi connectivity index (χ0) is 13.4. The van der Waals surface area contributed by atoms with Crippen molar-refractivity contribution in [2.45, 2.75) is 4.90 Å². The van der Waals surface area contributed by atoms with Gasteiger partial charge in [0.25, 0.3) is 0 Å². The lowest BCUT2D eigenvalue weighted by atomic mass is 10.3. The summed E-state index contributed by atoms with van der Waals surface area (Å²) in [5.41, 5.74) is 6.48. The van der Waals surface area contributed by atoms with Gasteiger partial charge in [0.05, 0.1) is 20.3 Å². The summed E-state index contributed by atoms with van der Waals surface area (Å²) in [5.74, 6) is 7.06. The molecule has 5 nitrogen and oxygen atoms in total. The second-order valence-electron chi connectivity index (χ2n) is 3.63. The number of hydrogen-bond donors (Lipinski definition) is 3. The molecular formula is C12H19N3O2S. The van der Waals surface area contributed by atoms with E-state index < -0.39 is 0 Å². The van der Waals surface area contributed by atoms with Crippen molar-refractivity contribution in [1.82, 2.24) is 5.01 Å². The van der Waals surface area contributed by atoms with E-state index in [4.69, 9.17) is 21.4 Å². The SMILES string of the molecule is COc1ccc(SC/C(N)=C/N(N)CCO)cc1. The van der Waals surface area contributed by atoms with E-state index in [9.17, 15) is 0 Å². The molecule has 0 aromatic heterocycles. The summed E-state index contributed by atoms with van der Waals surface area (Å²) in [5, 5.41) is 10.1. The van der Waals surface area contributed by atoms with Crippen LogP contribution in [0.4, 0.5) is 0 Å². The average Bonchev–Trinajstić information content (AvgIpc) is 2.37. The molecule has 1 aromatic rings. The van der Waals surface area contributed by atoms with Crippen LogP contribution < -0.4 is 16.3 Å². The van der Waals surface area contributed by atoms with E-state index in [1.165, 1.54) is 5.01 Å². The van der Waals surface area contributed by atoms with Gasteiger partial charge in [-0.1, -0.05) is 0 Å². The molecule has 0 saturated carbocycles. The van der Waals surface area contributed by atoms with Gasteiger partial charge in [-0.2, -0.15) is 0 Å². The Hall–Kier alpha value is -1.37. The molecule has 100 valence electrons. The number of hydrogen-bond acceptors (Lipinski definition) is 6. The molecule has 0 radical (unpaired) electrons. The highest BCUT2D eigenvalue weighted by Crippen LogP contribution is 2.22. The summed E-state index contributed by atoms with van der Waals surface area (Å²) in [7, 11) is 1.64. The standard InChI is InChI=1S/C12H19N3O2S/c1-17-11-2-4-12(5-3-11)18-9-10(13)8-15(14)6-7-16/h2-5,8,16H,6-7,9,13-14H2,1H3/b10-8-. The van der Waals surface area contributed by atoms with Gasteiger partial charge < -0.3 is 20.6 Å². The summed E-state index contributed by atoms with van der Waals surface area (Å²) in [6.45, 7) is 0.375. The van der Waals surface area contributed by atoms with E-state index in [1.54, 1.807) is 25.1 Å². The van der Waals surface area contributed by atoms with Crippen LogP contribution in [0.25, 0.3) is 0 Å². The van der Waals surface area contributed by atoms with Crippen molar-refractivity contribution in [3.8, 4) is 5.75 Å². The molecule has 0 bridgehead atoms. The van der Waals surface area contributed by atoms with Gasteiger partial charge in [0.15, 0.2) is 0 Å². The second kappa shape index (κ2) is 7.86. The molecule has 0 spiro atoms. The maximum atomic E-state index is 8.70. The van der Waals surface area contributed by atoms with Gasteiger partial charge >= 0.3 is 0 Å². The third kappa shape index (κ3) is 5.31. The fourth-order valence-corrected chi connectivity index (χ4v) is 2.01. The van der Waals surface area contributed by atoms with Crippen LogP contribution >= 0.6 is 11.8 Å². The van der Waals surface area contributed by atoms with Gasteiger partial charge in [0.2, 0.25) is 0 Å². The Morgan fingerprint density at radius 3 is 2.67 bits per heavy atom. The number of aliphatic hydroxyl groups is 1. The first-order chi connectivity index (χ1) is 8.65. The number of rotatable bonds is 7. The minimum absolute atomic E-state index is 0.00586. The minimum Gasteiger partial charge on any atom is -0.497 e. The molecule has 0 aliphatic rings. The minimum atomic E-state index is 0.00586. The monoisotopic (exact) mass is 269 g/mol. The Balaban J connectivity index is 2.43. The topological polar surface area (TPSA) is 84.7 Å². The predicted molar refractivity (Wildman–Crippen MR) is 74.0 cm³/mol. The van der Waals surface area contributed by atoms with Gasteiger partial charge in [-0.25, -0.2) is 5.84 Å². The second-order valence-corrected chi connectivity index (χ2v) is 4.68. The largest absolute Gasteiger partial charge is 0.497 e. The first-order valence-electron chi connectivity index (χ1n) is 5.51. The van der Waals surface area contributed by atoms with Crippen molar-refractivity contribution in [3.63, 3.8) is 0 Å². The summed E-state index contributed by atoms with van der Waals surface area (Å²) in [4.78, 5) is 1.11. The Labute approximate surface area is 111 Å². The fourth-order valence-electron chi connectivity index (χ4n) is 1.27. The van der Waals surface area contributed by atoms with Gasteiger partial charge in [-0.3, -0.25) is 0 Å². The maximum absolute atomic E-state index is 8.70. The molecular weight excluding hydrogens is 250 g/mol. The van der Waals surface area contributed by atoms with E-state index in [-0.39, 0.29) is 6.61 Å². The molecule has 18 heavy (non-hydrogen) atoms. The molecule has 5 N–H and O–H groups in total. The smallest absolute Gasteiger partial charge is 0.118 e. The van der Waals surface area contributed by atoms with Crippen molar-refractivity contribution >= 4 is 11.8 Å². The van der Waals surface area contributed by atoms with Crippen LogP contribution in [0.5, 0.6) is 5.75 Å². The van der Waals surface area contributed by atoms with Crippen LogP contribution in [0.3, 0.4) is 0 Å². The first kappa shape index (κ1) is 14.7. The maximum Gasteiger partial charge on any atom is 0.118 e. The summed E-state index contributed by atoms with van der Waals surface area (Å²) >= 11 is 1.61. The molecule has 0 heterocycles. The summed E-state index contributed by atoms with van der Waals surface area (Å²) in [6, 6.07) is 7.77. The van der Waals surface area contributed by atoms with E-state index in [0.29, 0.717) is 18.0 Å². The third-order valence-corrected chi connectivity index (χ3v) is 3.24. The van der Waals surface area contributed by atoms with E-state index in [0.717, 1.165) is 10.6 Å².